The van der Waals surface area contributed by atoms with Gasteiger partial charge < -0.3 is 5.11 Å². The molecular formula is C8H20O4S. The Hall–Kier alpha value is -0.130. The Morgan fingerprint density at radius 1 is 1.00 bits per heavy atom. The number of aliphatic hydroxyl groups excluding tert-OH is 1. The maximum absolute atomic E-state index is 10.2. The van der Waals surface area contributed by atoms with Crippen molar-refractivity contribution >= 4 is 10.1 Å². The van der Waals surface area contributed by atoms with Crippen LogP contribution in [0.25, 0.3) is 0 Å². The summed E-state index contributed by atoms with van der Waals surface area (Å²) in [5.41, 5.74) is 0. The number of hydrogen-bond acceptors (Lipinski definition) is 3. The molecule has 0 saturated heterocycles. The van der Waals surface area contributed by atoms with E-state index in [1.54, 1.807) is 0 Å². The van der Waals surface area contributed by atoms with Gasteiger partial charge in [-0.05, 0) is 6.42 Å². The quantitative estimate of drug-likeness (QED) is 0.516. The number of aliphatic hydroxyl groups is 1. The lowest BCUT2D eigenvalue weighted by atomic mass is 10.2. The Morgan fingerprint density at radius 3 is 1.85 bits per heavy atom. The molecule has 0 heterocycles. The summed E-state index contributed by atoms with van der Waals surface area (Å²) in [6.07, 6.45) is 4.83. The van der Waals surface area contributed by atoms with Crippen molar-refractivity contribution in [1.29, 1.82) is 0 Å². The Balaban J connectivity index is 0. The highest BCUT2D eigenvalue weighted by Crippen LogP contribution is 2.03. The van der Waals surface area contributed by atoms with E-state index >= 15 is 0 Å². The fraction of sp³-hybridized carbons (Fsp3) is 1.00. The molecule has 2 N–H and O–H groups in total. The van der Waals surface area contributed by atoms with Gasteiger partial charge in [-0.2, -0.15) is 8.42 Å². The van der Waals surface area contributed by atoms with Gasteiger partial charge in [-0.3, -0.25) is 4.55 Å². The van der Waals surface area contributed by atoms with Crippen LogP contribution >= 0.6 is 0 Å². The van der Waals surface area contributed by atoms with Crippen molar-refractivity contribution < 1.29 is 18.1 Å². The third-order valence-corrected chi connectivity index (χ3v) is 2.31. The molecule has 0 aromatic rings. The van der Waals surface area contributed by atoms with Crippen LogP contribution in [0, 0.1) is 0 Å². The van der Waals surface area contributed by atoms with Crippen molar-refractivity contribution in [3.05, 3.63) is 0 Å². The van der Waals surface area contributed by atoms with Crippen LogP contribution in [-0.4, -0.2) is 30.9 Å². The van der Waals surface area contributed by atoms with Crippen LogP contribution in [0.4, 0.5) is 0 Å². The summed E-state index contributed by atoms with van der Waals surface area (Å²) in [5, 5.41) is 7.00. The van der Waals surface area contributed by atoms with Gasteiger partial charge in [0.15, 0.2) is 0 Å². The number of hydrogen-bond donors (Lipinski definition) is 2. The average molecular weight is 212 g/mol. The predicted octanol–water partition coefficient (Wildman–Crippen LogP) is 1.45. The average Bonchev–Trinajstić information content (AvgIpc) is 2.06. The zero-order chi connectivity index (χ0) is 10.7. The summed E-state index contributed by atoms with van der Waals surface area (Å²) < 4.78 is 28.8. The zero-order valence-electron chi connectivity index (χ0n) is 8.36. The third kappa shape index (κ3) is 18.7. The topological polar surface area (TPSA) is 74.6 Å². The molecular weight excluding hydrogens is 192 g/mol. The van der Waals surface area contributed by atoms with Gasteiger partial charge >= 0.3 is 0 Å². The molecule has 0 fully saturated rings. The largest absolute Gasteiger partial charge is 0.400 e. The second-order valence-corrected chi connectivity index (χ2v) is 4.27. The van der Waals surface area contributed by atoms with E-state index in [2.05, 4.69) is 6.92 Å². The van der Waals surface area contributed by atoms with E-state index < -0.39 is 10.1 Å². The van der Waals surface area contributed by atoms with E-state index in [-0.39, 0.29) is 5.75 Å². The standard InChI is InChI=1S/C7H16O3S.CH4O/c1-2-3-4-5-6-7-11(8,9)10;1-2/h2-7H2,1H3,(H,8,9,10);2H,1H3. The fourth-order valence-corrected chi connectivity index (χ4v) is 1.46. The van der Waals surface area contributed by atoms with Gasteiger partial charge in [0.2, 0.25) is 0 Å². The van der Waals surface area contributed by atoms with Crippen LogP contribution < -0.4 is 0 Å². The monoisotopic (exact) mass is 212 g/mol. The normalized spacial score (nSPS) is 10.5. The molecule has 0 aromatic carbocycles. The fourth-order valence-electron chi connectivity index (χ4n) is 0.888. The van der Waals surface area contributed by atoms with E-state index in [1.807, 2.05) is 0 Å². The van der Waals surface area contributed by atoms with Crippen LogP contribution in [-0.2, 0) is 10.1 Å². The van der Waals surface area contributed by atoms with Crippen molar-refractivity contribution in [2.24, 2.45) is 0 Å². The second-order valence-electron chi connectivity index (χ2n) is 2.70. The maximum Gasteiger partial charge on any atom is 0.264 e. The lowest BCUT2D eigenvalue weighted by Crippen LogP contribution is -2.03. The Kier molecular flexibility index (Phi) is 11.8. The summed E-state index contributed by atoms with van der Waals surface area (Å²) in [4.78, 5) is 0. The van der Waals surface area contributed by atoms with Crippen molar-refractivity contribution in [3.63, 3.8) is 0 Å². The summed E-state index contributed by atoms with van der Waals surface area (Å²) in [5.74, 6) is -0.0866. The minimum atomic E-state index is -3.71. The molecule has 0 rings (SSSR count). The van der Waals surface area contributed by atoms with Crippen molar-refractivity contribution in [3.8, 4) is 0 Å². The molecule has 0 radical (unpaired) electrons. The van der Waals surface area contributed by atoms with E-state index in [9.17, 15) is 8.42 Å². The lowest BCUT2D eigenvalue weighted by Gasteiger charge is -1.96. The van der Waals surface area contributed by atoms with Crippen LogP contribution in [0.5, 0.6) is 0 Å². The van der Waals surface area contributed by atoms with Gasteiger partial charge in [-0.25, -0.2) is 0 Å². The van der Waals surface area contributed by atoms with E-state index in [4.69, 9.17) is 9.66 Å². The molecule has 0 aliphatic rings. The number of rotatable bonds is 6. The minimum absolute atomic E-state index is 0.0866. The molecule has 4 nitrogen and oxygen atoms in total. The molecule has 0 aliphatic carbocycles. The van der Waals surface area contributed by atoms with Gasteiger partial charge in [0.05, 0.1) is 5.75 Å². The number of unbranched alkanes of at least 4 members (excludes halogenated alkanes) is 4. The van der Waals surface area contributed by atoms with Crippen molar-refractivity contribution in [1.82, 2.24) is 0 Å². The third-order valence-electron chi connectivity index (χ3n) is 1.51. The highest BCUT2D eigenvalue weighted by Gasteiger charge is 2.02. The first kappa shape index (κ1) is 15.3. The molecule has 13 heavy (non-hydrogen) atoms. The molecule has 0 aromatic heterocycles. The van der Waals surface area contributed by atoms with E-state index in [1.165, 1.54) is 0 Å². The summed E-state index contributed by atoms with van der Waals surface area (Å²) in [6.45, 7) is 2.10. The van der Waals surface area contributed by atoms with Crippen LogP contribution in [0.2, 0.25) is 0 Å². The lowest BCUT2D eigenvalue weighted by molar-refractivity contribution is 0.399. The smallest absolute Gasteiger partial charge is 0.264 e. The SMILES string of the molecule is CCCCCCCS(=O)(=O)O.CO. The van der Waals surface area contributed by atoms with Crippen LogP contribution in [0.3, 0.4) is 0 Å². The molecule has 82 valence electrons. The van der Waals surface area contributed by atoms with Crippen molar-refractivity contribution in [2.75, 3.05) is 12.9 Å². The Morgan fingerprint density at radius 2 is 1.46 bits per heavy atom. The van der Waals surface area contributed by atoms with Gasteiger partial charge in [-0.15, -0.1) is 0 Å². The Bertz CT molecular complexity index is 175. The van der Waals surface area contributed by atoms with Gasteiger partial charge in [0.25, 0.3) is 10.1 Å². The first-order chi connectivity index (χ1) is 6.06. The zero-order valence-corrected chi connectivity index (χ0v) is 9.18. The second kappa shape index (κ2) is 9.95. The summed E-state index contributed by atoms with van der Waals surface area (Å²) >= 11 is 0. The first-order valence-corrected chi connectivity index (χ1v) is 6.07. The molecule has 5 heteroatoms. The maximum atomic E-state index is 10.2. The summed E-state index contributed by atoms with van der Waals surface area (Å²) in [6, 6.07) is 0. The van der Waals surface area contributed by atoms with Crippen LogP contribution in [0.1, 0.15) is 39.0 Å². The van der Waals surface area contributed by atoms with Gasteiger partial charge in [0, 0.05) is 7.11 Å². The molecule has 0 amide bonds. The molecule has 0 aliphatic heterocycles. The molecule has 0 unspecified atom stereocenters. The van der Waals surface area contributed by atoms with E-state index in [0.29, 0.717) is 6.42 Å². The summed E-state index contributed by atoms with van der Waals surface area (Å²) in [7, 11) is -2.71. The molecule has 0 saturated carbocycles. The highest BCUT2D eigenvalue weighted by atomic mass is 32.2. The van der Waals surface area contributed by atoms with Crippen molar-refractivity contribution in [2.45, 2.75) is 39.0 Å². The molecule has 0 atom stereocenters. The molecule has 0 bridgehead atoms. The van der Waals surface area contributed by atoms with Gasteiger partial charge in [0.1, 0.15) is 0 Å². The highest BCUT2D eigenvalue weighted by molar-refractivity contribution is 7.85. The first-order valence-electron chi connectivity index (χ1n) is 4.46. The van der Waals surface area contributed by atoms with Gasteiger partial charge in [-0.1, -0.05) is 32.6 Å². The Labute approximate surface area is 80.7 Å². The molecule has 0 spiro atoms. The predicted molar refractivity (Wildman–Crippen MR) is 53.3 cm³/mol. The minimum Gasteiger partial charge on any atom is -0.400 e. The van der Waals surface area contributed by atoms with Crippen LogP contribution in [0.15, 0.2) is 0 Å². The van der Waals surface area contributed by atoms with E-state index in [0.717, 1.165) is 32.8 Å².